The Hall–Kier alpha value is -2.98. The third-order valence-electron chi connectivity index (χ3n) is 3.93. The molecule has 152 valence electrons. The van der Waals surface area contributed by atoms with Crippen LogP contribution in [0.3, 0.4) is 0 Å². The number of benzene rings is 2. The molecule has 0 spiro atoms. The van der Waals surface area contributed by atoms with Gasteiger partial charge in [0.2, 0.25) is 0 Å². The maximum atomic E-state index is 13.7. The second-order valence-electron chi connectivity index (χ2n) is 6.01. The van der Waals surface area contributed by atoms with Crippen molar-refractivity contribution in [3.05, 3.63) is 76.3 Å². The predicted octanol–water partition coefficient (Wildman–Crippen LogP) is 4.08. The van der Waals surface area contributed by atoms with Gasteiger partial charge in [0, 0.05) is 11.3 Å². The summed E-state index contributed by atoms with van der Waals surface area (Å²) < 4.78 is 53.6. The summed E-state index contributed by atoms with van der Waals surface area (Å²) in [4.78, 5) is 12.2. The summed E-state index contributed by atoms with van der Waals surface area (Å²) in [6.07, 6.45) is -4.73. The fraction of sp³-hybridized carbons (Fsp3) is 0.167. The Morgan fingerprint density at radius 3 is 2.66 bits per heavy atom. The van der Waals surface area contributed by atoms with E-state index in [2.05, 4.69) is 15.6 Å². The number of nitrogens with one attached hydrogen (secondary N) is 1. The molecule has 6 nitrogen and oxygen atoms in total. The van der Waals surface area contributed by atoms with E-state index in [0.717, 1.165) is 10.7 Å². The van der Waals surface area contributed by atoms with Crippen LogP contribution in [0.2, 0.25) is 5.02 Å². The van der Waals surface area contributed by atoms with Gasteiger partial charge < -0.3 is 10.4 Å². The Morgan fingerprint density at radius 2 is 1.97 bits per heavy atom. The first-order valence-corrected chi connectivity index (χ1v) is 8.53. The zero-order valence-electron chi connectivity index (χ0n) is 14.5. The van der Waals surface area contributed by atoms with E-state index < -0.39 is 34.6 Å². The zero-order valence-corrected chi connectivity index (χ0v) is 15.2. The number of amides is 1. The number of rotatable bonds is 5. The maximum absolute atomic E-state index is 13.7. The van der Waals surface area contributed by atoms with Crippen LogP contribution in [-0.4, -0.2) is 26.0 Å². The quantitative estimate of drug-likeness (QED) is 0.600. The highest BCUT2D eigenvalue weighted by Gasteiger charge is 2.33. The summed E-state index contributed by atoms with van der Waals surface area (Å²) in [6, 6.07) is 8.56. The van der Waals surface area contributed by atoms with E-state index in [-0.39, 0.29) is 23.5 Å². The summed E-state index contributed by atoms with van der Waals surface area (Å²) in [5, 5.41) is 19.2. The lowest BCUT2D eigenvalue weighted by Gasteiger charge is -2.11. The number of aliphatic hydroxyl groups is 1. The van der Waals surface area contributed by atoms with Gasteiger partial charge in [0.25, 0.3) is 5.91 Å². The molecule has 1 heterocycles. The maximum Gasteiger partial charge on any atom is 0.417 e. The molecule has 2 aromatic carbocycles. The van der Waals surface area contributed by atoms with Crippen LogP contribution in [0, 0.1) is 5.82 Å². The van der Waals surface area contributed by atoms with Crippen molar-refractivity contribution in [3.63, 3.8) is 0 Å². The summed E-state index contributed by atoms with van der Waals surface area (Å²) >= 11 is 5.54. The number of alkyl halides is 3. The molecule has 1 atom stereocenters. The van der Waals surface area contributed by atoms with Crippen molar-refractivity contribution in [2.75, 3.05) is 5.32 Å². The third-order valence-corrected chi connectivity index (χ3v) is 4.25. The average Bonchev–Trinajstić information content (AvgIpc) is 3.11. The van der Waals surface area contributed by atoms with Crippen LogP contribution < -0.4 is 5.32 Å². The van der Waals surface area contributed by atoms with Gasteiger partial charge >= 0.3 is 6.18 Å². The molecule has 0 aliphatic heterocycles. The van der Waals surface area contributed by atoms with Crippen LogP contribution in [-0.2, 0) is 12.7 Å². The lowest BCUT2D eigenvalue weighted by atomic mass is 10.1. The van der Waals surface area contributed by atoms with Crippen molar-refractivity contribution in [3.8, 4) is 0 Å². The lowest BCUT2D eigenvalue weighted by Crippen LogP contribution is -2.14. The molecule has 0 saturated carbocycles. The molecule has 0 radical (unpaired) electrons. The largest absolute Gasteiger partial charge is 0.417 e. The Bertz CT molecular complexity index is 1040. The smallest absolute Gasteiger partial charge is 0.386 e. The van der Waals surface area contributed by atoms with Crippen molar-refractivity contribution in [1.82, 2.24) is 15.0 Å². The molecule has 29 heavy (non-hydrogen) atoms. The number of halogens is 5. The number of hydrogen-bond acceptors (Lipinski definition) is 4. The molecule has 3 rings (SSSR count). The van der Waals surface area contributed by atoms with E-state index in [4.69, 9.17) is 11.6 Å². The van der Waals surface area contributed by atoms with Crippen LogP contribution in [0.5, 0.6) is 0 Å². The summed E-state index contributed by atoms with van der Waals surface area (Å²) in [5.41, 5.74) is -1.37. The Labute approximate surface area is 166 Å². The van der Waals surface area contributed by atoms with Gasteiger partial charge in [0.1, 0.15) is 11.9 Å². The van der Waals surface area contributed by atoms with Crippen molar-refractivity contribution in [2.24, 2.45) is 0 Å². The highest BCUT2D eigenvalue weighted by atomic mass is 35.5. The van der Waals surface area contributed by atoms with Crippen molar-refractivity contribution in [1.29, 1.82) is 0 Å². The monoisotopic (exact) mass is 428 g/mol. The molecule has 0 saturated heterocycles. The second kappa shape index (κ2) is 8.18. The fourth-order valence-electron chi connectivity index (χ4n) is 2.53. The van der Waals surface area contributed by atoms with Crippen LogP contribution in [0.15, 0.2) is 48.7 Å². The first-order valence-electron chi connectivity index (χ1n) is 8.16. The van der Waals surface area contributed by atoms with Crippen LogP contribution in [0.4, 0.5) is 23.2 Å². The number of aliphatic hydroxyl groups excluding tert-OH is 1. The van der Waals surface area contributed by atoms with Crippen molar-refractivity contribution < 1.29 is 27.5 Å². The first kappa shape index (κ1) is 20.7. The van der Waals surface area contributed by atoms with Gasteiger partial charge in [-0.15, -0.1) is 5.10 Å². The average molecular weight is 429 g/mol. The normalized spacial score (nSPS) is 12.6. The molecular weight excluding hydrogens is 416 g/mol. The number of aromatic nitrogens is 3. The number of anilines is 1. The van der Waals surface area contributed by atoms with Crippen LogP contribution in [0.25, 0.3) is 0 Å². The number of carbonyl (C=O) groups is 1. The molecular formula is C18H13ClF4N4O2. The lowest BCUT2D eigenvalue weighted by molar-refractivity contribution is -0.137. The van der Waals surface area contributed by atoms with E-state index in [1.807, 2.05) is 0 Å². The number of hydrogen-bond donors (Lipinski definition) is 2. The molecule has 0 aliphatic rings. The standard InChI is InChI=1S/C18H13ClF4N4O2/c19-13-6-5-10(7-12(13)18(21,22)23)24-17(29)15-8-27(26-25-15)9-16(28)11-3-1-2-4-14(11)20/h1-8,16,28H,9H2,(H,24,29)/t16-/m0/s1. The van der Waals surface area contributed by atoms with Crippen molar-refractivity contribution >= 4 is 23.2 Å². The number of carbonyl (C=O) groups excluding carboxylic acids is 1. The summed E-state index contributed by atoms with van der Waals surface area (Å²) in [7, 11) is 0. The van der Waals surface area contributed by atoms with Crippen molar-refractivity contribution in [2.45, 2.75) is 18.8 Å². The van der Waals surface area contributed by atoms with E-state index in [9.17, 15) is 27.5 Å². The van der Waals surface area contributed by atoms with Crippen LogP contribution in [0.1, 0.15) is 27.7 Å². The Morgan fingerprint density at radius 1 is 1.24 bits per heavy atom. The molecule has 1 aromatic heterocycles. The minimum absolute atomic E-state index is 0.0508. The van der Waals surface area contributed by atoms with Gasteiger partial charge in [0.05, 0.1) is 23.3 Å². The summed E-state index contributed by atoms with van der Waals surface area (Å²) in [6.45, 7) is -0.180. The van der Waals surface area contributed by atoms with E-state index in [1.54, 1.807) is 6.07 Å². The Kier molecular flexibility index (Phi) is 5.85. The molecule has 0 aliphatic carbocycles. The van der Waals surface area contributed by atoms with Gasteiger partial charge in [-0.2, -0.15) is 13.2 Å². The molecule has 0 unspecified atom stereocenters. The van der Waals surface area contributed by atoms with Gasteiger partial charge in [-0.1, -0.05) is 35.0 Å². The molecule has 3 aromatic rings. The predicted molar refractivity (Wildman–Crippen MR) is 95.8 cm³/mol. The minimum Gasteiger partial charge on any atom is -0.386 e. The van der Waals surface area contributed by atoms with E-state index in [1.165, 1.54) is 30.5 Å². The zero-order chi connectivity index (χ0) is 21.2. The van der Waals surface area contributed by atoms with Gasteiger partial charge in [-0.3, -0.25) is 4.79 Å². The van der Waals surface area contributed by atoms with Crippen LogP contribution >= 0.6 is 11.6 Å². The molecule has 2 N–H and O–H groups in total. The molecule has 11 heteroatoms. The summed E-state index contributed by atoms with van der Waals surface area (Å²) in [5.74, 6) is -1.41. The van der Waals surface area contributed by atoms with Gasteiger partial charge in [-0.25, -0.2) is 9.07 Å². The minimum atomic E-state index is -4.68. The molecule has 0 bridgehead atoms. The van der Waals surface area contributed by atoms with E-state index >= 15 is 0 Å². The van der Waals surface area contributed by atoms with Gasteiger partial charge in [-0.05, 0) is 24.3 Å². The first-order chi connectivity index (χ1) is 13.6. The molecule has 0 fully saturated rings. The fourth-order valence-corrected chi connectivity index (χ4v) is 2.75. The second-order valence-corrected chi connectivity index (χ2v) is 6.42. The molecule has 1 amide bonds. The topological polar surface area (TPSA) is 80.0 Å². The highest BCUT2D eigenvalue weighted by molar-refractivity contribution is 6.31. The van der Waals surface area contributed by atoms with Gasteiger partial charge in [0.15, 0.2) is 5.69 Å². The SMILES string of the molecule is O=C(Nc1ccc(Cl)c(C(F)(F)F)c1)c1cn(C[C@H](O)c2ccccc2F)nn1. The number of nitrogens with zero attached hydrogens (tertiary/aromatic N) is 3. The van der Waals surface area contributed by atoms with E-state index in [0.29, 0.717) is 6.07 Å². The Balaban J connectivity index is 1.71. The third kappa shape index (κ3) is 4.90. The highest BCUT2D eigenvalue weighted by Crippen LogP contribution is 2.36.